The first-order valence-corrected chi connectivity index (χ1v) is 5.22. The van der Waals surface area contributed by atoms with Crippen molar-refractivity contribution in [2.75, 3.05) is 7.11 Å². The summed E-state index contributed by atoms with van der Waals surface area (Å²) in [6.07, 6.45) is 4.70. The van der Waals surface area contributed by atoms with Crippen LogP contribution in [0.3, 0.4) is 0 Å². The predicted octanol–water partition coefficient (Wildman–Crippen LogP) is 2.52. The average molecular weight is 207 g/mol. The van der Waals surface area contributed by atoms with Crippen LogP contribution in [0.15, 0.2) is 12.3 Å². The summed E-state index contributed by atoms with van der Waals surface area (Å²) in [4.78, 5) is 15.6. The van der Waals surface area contributed by atoms with E-state index in [9.17, 15) is 4.79 Å². The molecule has 0 aliphatic carbocycles. The second-order valence-corrected chi connectivity index (χ2v) is 3.58. The lowest BCUT2D eigenvalue weighted by Gasteiger charge is -2.07. The molecule has 0 N–H and O–H groups in total. The zero-order chi connectivity index (χ0) is 11.3. The quantitative estimate of drug-likeness (QED) is 0.712. The highest BCUT2D eigenvalue weighted by Gasteiger charge is 2.11. The van der Waals surface area contributed by atoms with E-state index >= 15 is 0 Å². The Labute approximate surface area is 90.5 Å². The van der Waals surface area contributed by atoms with Crippen molar-refractivity contribution < 1.29 is 9.53 Å². The fourth-order valence-corrected chi connectivity index (χ4v) is 1.48. The minimum absolute atomic E-state index is 0.298. The fourth-order valence-electron chi connectivity index (χ4n) is 1.48. The lowest BCUT2D eigenvalue weighted by Crippen LogP contribution is -2.07. The highest BCUT2D eigenvalue weighted by Crippen LogP contribution is 2.13. The third kappa shape index (κ3) is 3.05. The summed E-state index contributed by atoms with van der Waals surface area (Å²) in [6, 6.07) is 1.96. The number of nitrogens with zero attached hydrogens (tertiary/aromatic N) is 1. The first kappa shape index (κ1) is 11.7. The number of hydrogen-bond acceptors (Lipinski definition) is 3. The normalized spacial score (nSPS) is 10.1. The van der Waals surface area contributed by atoms with Gasteiger partial charge < -0.3 is 4.74 Å². The van der Waals surface area contributed by atoms with Gasteiger partial charge in [0.15, 0.2) is 0 Å². The summed E-state index contributed by atoms with van der Waals surface area (Å²) in [5, 5.41) is 0. The van der Waals surface area contributed by atoms with E-state index < -0.39 is 0 Å². The van der Waals surface area contributed by atoms with Gasteiger partial charge in [-0.25, -0.2) is 4.79 Å². The number of unbranched alkanes of at least 4 members (excludes halogenated alkanes) is 1. The van der Waals surface area contributed by atoms with Crippen molar-refractivity contribution in [3.8, 4) is 0 Å². The molecule has 15 heavy (non-hydrogen) atoms. The topological polar surface area (TPSA) is 39.2 Å². The number of methoxy groups -OCH3 is 1. The monoisotopic (exact) mass is 207 g/mol. The SMILES string of the molecule is CCCCc1cc(C)ncc1C(=O)OC. The summed E-state index contributed by atoms with van der Waals surface area (Å²) in [5.74, 6) is -0.298. The molecule has 1 aromatic rings. The number of aryl methyl sites for hydroxylation is 2. The van der Waals surface area contributed by atoms with Crippen LogP contribution in [0.2, 0.25) is 0 Å². The molecule has 1 aromatic heterocycles. The molecule has 3 heteroatoms. The number of ether oxygens (including phenoxy) is 1. The molecule has 1 heterocycles. The van der Waals surface area contributed by atoms with Gasteiger partial charge in [-0.05, 0) is 31.4 Å². The molecule has 1 rings (SSSR count). The lowest BCUT2D eigenvalue weighted by molar-refractivity contribution is 0.0599. The van der Waals surface area contributed by atoms with E-state index in [1.54, 1.807) is 6.20 Å². The smallest absolute Gasteiger partial charge is 0.339 e. The fraction of sp³-hybridized carbons (Fsp3) is 0.500. The minimum Gasteiger partial charge on any atom is -0.465 e. The zero-order valence-electron chi connectivity index (χ0n) is 9.54. The Kier molecular flexibility index (Phi) is 4.28. The van der Waals surface area contributed by atoms with Gasteiger partial charge in [0, 0.05) is 11.9 Å². The molecule has 0 fully saturated rings. The lowest BCUT2D eigenvalue weighted by atomic mass is 10.0. The van der Waals surface area contributed by atoms with Gasteiger partial charge in [-0.2, -0.15) is 0 Å². The molecule has 0 spiro atoms. The molecule has 0 bridgehead atoms. The molecule has 0 amide bonds. The molecule has 0 aliphatic rings. The second kappa shape index (κ2) is 5.49. The molecule has 0 saturated carbocycles. The van der Waals surface area contributed by atoms with E-state index in [2.05, 4.69) is 11.9 Å². The van der Waals surface area contributed by atoms with Crippen LogP contribution in [-0.2, 0) is 11.2 Å². The van der Waals surface area contributed by atoms with E-state index in [1.807, 2.05) is 13.0 Å². The summed E-state index contributed by atoms with van der Waals surface area (Å²) in [5.41, 5.74) is 2.57. The van der Waals surface area contributed by atoms with Gasteiger partial charge in [0.2, 0.25) is 0 Å². The van der Waals surface area contributed by atoms with Gasteiger partial charge in [0.25, 0.3) is 0 Å². The molecule has 3 nitrogen and oxygen atoms in total. The van der Waals surface area contributed by atoms with E-state index in [4.69, 9.17) is 4.74 Å². The third-order valence-corrected chi connectivity index (χ3v) is 2.33. The van der Waals surface area contributed by atoms with Gasteiger partial charge in [-0.1, -0.05) is 13.3 Å². The predicted molar refractivity (Wildman–Crippen MR) is 58.9 cm³/mol. The highest BCUT2D eigenvalue weighted by molar-refractivity contribution is 5.90. The second-order valence-electron chi connectivity index (χ2n) is 3.58. The van der Waals surface area contributed by atoms with Crippen LogP contribution in [0.4, 0.5) is 0 Å². The Morgan fingerprint density at radius 3 is 2.87 bits per heavy atom. The number of rotatable bonds is 4. The third-order valence-electron chi connectivity index (χ3n) is 2.33. The first-order valence-electron chi connectivity index (χ1n) is 5.22. The number of pyridine rings is 1. The van der Waals surface area contributed by atoms with Gasteiger partial charge in [-0.3, -0.25) is 4.98 Å². The van der Waals surface area contributed by atoms with Crippen molar-refractivity contribution in [2.24, 2.45) is 0 Å². The van der Waals surface area contributed by atoms with Crippen molar-refractivity contribution in [3.63, 3.8) is 0 Å². The van der Waals surface area contributed by atoms with Crippen LogP contribution in [0.1, 0.15) is 41.4 Å². The summed E-state index contributed by atoms with van der Waals surface area (Å²) in [7, 11) is 1.39. The molecule has 0 saturated heterocycles. The number of carbonyl (C=O) groups is 1. The molecule has 0 aromatic carbocycles. The van der Waals surface area contributed by atoms with E-state index in [1.165, 1.54) is 7.11 Å². The maximum Gasteiger partial charge on any atom is 0.339 e. The standard InChI is InChI=1S/C12H17NO2/c1-4-5-6-10-7-9(2)13-8-11(10)12(14)15-3/h7-8H,4-6H2,1-3H3. The highest BCUT2D eigenvalue weighted by atomic mass is 16.5. The van der Waals surface area contributed by atoms with Gasteiger partial charge in [-0.15, -0.1) is 0 Å². The number of aromatic nitrogens is 1. The Morgan fingerprint density at radius 1 is 1.53 bits per heavy atom. The Morgan fingerprint density at radius 2 is 2.27 bits per heavy atom. The van der Waals surface area contributed by atoms with Gasteiger partial charge in [0.05, 0.1) is 12.7 Å². The Bertz CT molecular complexity index is 347. The van der Waals surface area contributed by atoms with Crippen molar-refractivity contribution >= 4 is 5.97 Å². The molecule has 0 unspecified atom stereocenters. The van der Waals surface area contributed by atoms with Crippen LogP contribution in [0, 0.1) is 6.92 Å². The average Bonchev–Trinajstić information content (AvgIpc) is 2.25. The van der Waals surface area contributed by atoms with E-state index in [-0.39, 0.29) is 5.97 Å². The molecular weight excluding hydrogens is 190 g/mol. The summed E-state index contributed by atoms with van der Waals surface area (Å²) in [6.45, 7) is 4.06. The zero-order valence-corrected chi connectivity index (χ0v) is 9.54. The van der Waals surface area contributed by atoms with Crippen LogP contribution >= 0.6 is 0 Å². The van der Waals surface area contributed by atoms with Crippen LogP contribution in [-0.4, -0.2) is 18.1 Å². The van der Waals surface area contributed by atoms with Crippen LogP contribution in [0.25, 0.3) is 0 Å². The summed E-state index contributed by atoms with van der Waals surface area (Å²) >= 11 is 0. The number of carbonyl (C=O) groups excluding carboxylic acids is 1. The summed E-state index contributed by atoms with van der Waals surface area (Å²) < 4.78 is 4.72. The Hall–Kier alpha value is -1.38. The van der Waals surface area contributed by atoms with Gasteiger partial charge >= 0.3 is 5.97 Å². The largest absolute Gasteiger partial charge is 0.465 e. The maximum absolute atomic E-state index is 11.4. The van der Waals surface area contributed by atoms with Crippen LogP contribution in [0.5, 0.6) is 0 Å². The molecule has 0 radical (unpaired) electrons. The van der Waals surface area contributed by atoms with Crippen LogP contribution < -0.4 is 0 Å². The molecule has 0 aliphatic heterocycles. The molecule has 82 valence electrons. The Balaban J connectivity index is 2.97. The van der Waals surface area contributed by atoms with E-state index in [0.29, 0.717) is 5.56 Å². The molecule has 0 atom stereocenters. The van der Waals surface area contributed by atoms with E-state index in [0.717, 1.165) is 30.5 Å². The molecular formula is C12H17NO2. The van der Waals surface area contributed by atoms with Crippen molar-refractivity contribution in [2.45, 2.75) is 33.1 Å². The van der Waals surface area contributed by atoms with Crippen molar-refractivity contribution in [3.05, 3.63) is 29.1 Å². The number of esters is 1. The van der Waals surface area contributed by atoms with Gasteiger partial charge in [0.1, 0.15) is 0 Å². The maximum atomic E-state index is 11.4. The number of hydrogen-bond donors (Lipinski definition) is 0. The first-order chi connectivity index (χ1) is 7.19. The minimum atomic E-state index is -0.298. The van der Waals surface area contributed by atoms with Crippen molar-refractivity contribution in [1.82, 2.24) is 4.98 Å². The van der Waals surface area contributed by atoms with Crippen molar-refractivity contribution in [1.29, 1.82) is 0 Å².